The summed E-state index contributed by atoms with van der Waals surface area (Å²) in [5.74, 6) is 1.07. The van der Waals surface area contributed by atoms with Gasteiger partial charge in [0.05, 0.1) is 17.7 Å². The molecule has 1 aromatic heterocycles. The Morgan fingerprint density at radius 3 is 2.57 bits per heavy atom. The van der Waals surface area contributed by atoms with Crippen molar-refractivity contribution < 1.29 is 17.6 Å². The lowest BCUT2D eigenvalue weighted by Crippen LogP contribution is -2.38. The van der Waals surface area contributed by atoms with Crippen molar-refractivity contribution >= 4 is 15.9 Å². The second kappa shape index (κ2) is 8.92. The van der Waals surface area contributed by atoms with E-state index in [1.165, 1.54) is 24.8 Å². The first-order valence-corrected chi connectivity index (χ1v) is 11.3. The van der Waals surface area contributed by atoms with E-state index in [4.69, 9.17) is 4.42 Å². The second-order valence-corrected chi connectivity index (χ2v) is 9.25. The molecule has 28 heavy (non-hydrogen) atoms. The van der Waals surface area contributed by atoms with E-state index in [1.807, 2.05) is 6.92 Å². The zero-order valence-electron chi connectivity index (χ0n) is 16.4. The zero-order valence-corrected chi connectivity index (χ0v) is 17.2. The van der Waals surface area contributed by atoms with E-state index in [-0.39, 0.29) is 23.4 Å². The fraction of sp³-hybridized carbons (Fsp3) is 0.476. The minimum absolute atomic E-state index is 0.0609. The molecule has 0 saturated heterocycles. The van der Waals surface area contributed by atoms with E-state index in [2.05, 4.69) is 17.0 Å². The Kier molecular flexibility index (Phi) is 6.57. The van der Waals surface area contributed by atoms with Crippen LogP contribution in [0.2, 0.25) is 0 Å². The van der Waals surface area contributed by atoms with Crippen LogP contribution in [0.15, 0.2) is 45.9 Å². The number of carbonyl (C=O) groups is 1. The van der Waals surface area contributed by atoms with Crippen LogP contribution >= 0.6 is 0 Å². The number of hydrogen-bond acceptors (Lipinski definition) is 4. The highest BCUT2D eigenvalue weighted by Crippen LogP contribution is 2.27. The maximum absolute atomic E-state index is 12.8. The van der Waals surface area contributed by atoms with Crippen LogP contribution in [0.3, 0.4) is 0 Å². The highest BCUT2D eigenvalue weighted by atomic mass is 32.2. The summed E-state index contributed by atoms with van der Waals surface area (Å²) in [5.41, 5.74) is 1.16. The van der Waals surface area contributed by atoms with Crippen LogP contribution in [-0.4, -0.2) is 20.4 Å². The van der Waals surface area contributed by atoms with Gasteiger partial charge in [-0.3, -0.25) is 4.79 Å². The molecule has 1 aliphatic carbocycles. The number of rotatable bonds is 7. The first kappa shape index (κ1) is 20.6. The molecule has 2 N–H and O–H groups in total. The summed E-state index contributed by atoms with van der Waals surface area (Å²) in [5, 5.41) is 3.08. The third-order valence-electron chi connectivity index (χ3n) is 5.54. The van der Waals surface area contributed by atoms with E-state index in [0.29, 0.717) is 11.3 Å². The first-order valence-electron chi connectivity index (χ1n) is 9.82. The predicted molar refractivity (Wildman–Crippen MR) is 107 cm³/mol. The zero-order chi connectivity index (χ0) is 20.1. The lowest BCUT2D eigenvalue weighted by molar-refractivity contribution is 0.0920. The van der Waals surface area contributed by atoms with Gasteiger partial charge in [0, 0.05) is 11.6 Å². The average Bonchev–Trinajstić information content (AvgIpc) is 3.21. The van der Waals surface area contributed by atoms with Gasteiger partial charge >= 0.3 is 0 Å². The van der Waals surface area contributed by atoms with Gasteiger partial charge in [0.1, 0.15) is 5.76 Å². The monoisotopic (exact) mass is 404 g/mol. The van der Waals surface area contributed by atoms with Gasteiger partial charge in [-0.25, -0.2) is 13.1 Å². The number of hydrogen-bond donors (Lipinski definition) is 2. The minimum atomic E-state index is -3.74. The molecule has 1 aliphatic rings. The number of nitrogens with one attached hydrogen (secondary N) is 2. The number of benzene rings is 1. The van der Waals surface area contributed by atoms with Gasteiger partial charge in [-0.1, -0.05) is 19.4 Å². The Labute approximate surface area is 166 Å². The molecule has 2 aromatic rings. The largest absolute Gasteiger partial charge is 0.468 e. The number of sulfonamides is 1. The summed E-state index contributed by atoms with van der Waals surface area (Å²) in [6.07, 6.45) is 6.89. The number of furan rings is 1. The molecule has 3 rings (SSSR count). The Bertz CT molecular complexity index is 898. The quantitative estimate of drug-likeness (QED) is 0.735. The molecule has 1 aromatic carbocycles. The summed E-state index contributed by atoms with van der Waals surface area (Å²) < 4.78 is 32.8. The van der Waals surface area contributed by atoms with Gasteiger partial charge in [-0.15, -0.1) is 0 Å². The van der Waals surface area contributed by atoms with Gasteiger partial charge in [0.2, 0.25) is 10.0 Å². The first-order chi connectivity index (χ1) is 13.4. The topological polar surface area (TPSA) is 88.4 Å². The predicted octanol–water partition coefficient (Wildman–Crippen LogP) is 3.77. The number of amides is 1. The highest BCUT2D eigenvalue weighted by molar-refractivity contribution is 7.89. The summed E-state index contributed by atoms with van der Waals surface area (Å²) in [6.45, 7) is 4.08. The SMILES string of the molecule is CCC1CCC(NC(=O)c2cc(S(=O)(=O)NCc3ccco3)ccc2C)CC1. The molecule has 0 bridgehead atoms. The molecule has 0 radical (unpaired) electrons. The maximum Gasteiger partial charge on any atom is 0.251 e. The van der Waals surface area contributed by atoms with Crippen molar-refractivity contribution in [2.45, 2.75) is 63.4 Å². The number of carbonyl (C=O) groups excluding carboxylic acids is 1. The molecule has 0 aliphatic heterocycles. The van der Waals surface area contributed by atoms with Crippen molar-refractivity contribution in [2.75, 3.05) is 0 Å². The van der Waals surface area contributed by atoms with Crippen LogP contribution in [0.1, 0.15) is 60.7 Å². The van der Waals surface area contributed by atoms with E-state index < -0.39 is 10.0 Å². The third kappa shape index (κ3) is 5.02. The molecule has 0 unspecified atom stereocenters. The van der Waals surface area contributed by atoms with Gasteiger partial charge in [0.25, 0.3) is 5.91 Å². The van der Waals surface area contributed by atoms with Crippen LogP contribution in [0, 0.1) is 12.8 Å². The van der Waals surface area contributed by atoms with Crippen LogP contribution in [0.5, 0.6) is 0 Å². The minimum Gasteiger partial charge on any atom is -0.468 e. The van der Waals surface area contributed by atoms with Crippen molar-refractivity contribution in [3.8, 4) is 0 Å². The maximum atomic E-state index is 12.8. The van der Waals surface area contributed by atoms with Crippen molar-refractivity contribution in [2.24, 2.45) is 5.92 Å². The Morgan fingerprint density at radius 2 is 1.93 bits per heavy atom. The lowest BCUT2D eigenvalue weighted by atomic mass is 9.84. The van der Waals surface area contributed by atoms with Crippen molar-refractivity contribution in [1.82, 2.24) is 10.0 Å². The van der Waals surface area contributed by atoms with Gasteiger partial charge in [0.15, 0.2) is 0 Å². The van der Waals surface area contributed by atoms with Crippen molar-refractivity contribution in [1.29, 1.82) is 0 Å². The Hall–Kier alpha value is -2.12. The fourth-order valence-electron chi connectivity index (χ4n) is 3.65. The molecular formula is C21H28N2O4S. The molecule has 1 heterocycles. The number of aryl methyl sites for hydroxylation is 1. The highest BCUT2D eigenvalue weighted by Gasteiger charge is 2.23. The van der Waals surface area contributed by atoms with Crippen molar-refractivity contribution in [3.63, 3.8) is 0 Å². The molecule has 6 nitrogen and oxygen atoms in total. The lowest BCUT2D eigenvalue weighted by Gasteiger charge is -2.28. The van der Waals surface area contributed by atoms with E-state index in [1.54, 1.807) is 18.2 Å². The molecule has 7 heteroatoms. The van der Waals surface area contributed by atoms with E-state index in [9.17, 15) is 13.2 Å². The summed E-state index contributed by atoms with van der Waals surface area (Å²) in [6, 6.07) is 8.20. The Morgan fingerprint density at radius 1 is 1.18 bits per heavy atom. The smallest absolute Gasteiger partial charge is 0.251 e. The van der Waals surface area contributed by atoms with E-state index >= 15 is 0 Å². The van der Waals surface area contributed by atoms with Crippen LogP contribution < -0.4 is 10.0 Å². The van der Waals surface area contributed by atoms with Crippen LogP contribution in [0.4, 0.5) is 0 Å². The fourth-order valence-corrected chi connectivity index (χ4v) is 4.67. The van der Waals surface area contributed by atoms with Gasteiger partial charge in [-0.05, 0) is 68.4 Å². The Balaban J connectivity index is 1.69. The summed E-state index contributed by atoms with van der Waals surface area (Å²) in [7, 11) is -3.74. The second-order valence-electron chi connectivity index (χ2n) is 7.48. The molecule has 1 saturated carbocycles. The molecular weight excluding hydrogens is 376 g/mol. The molecule has 152 valence electrons. The van der Waals surface area contributed by atoms with Gasteiger partial charge < -0.3 is 9.73 Å². The third-order valence-corrected chi connectivity index (χ3v) is 6.94. The standard InChI is InChI=1S/C21H28N2O4S/c1-3-16-7-9-17(10-8-16)23-21(24)20-13-19(11-6-15(20)2)28(25,26)22-14-18-5-4-12-27-18/h4-6,11-13,16-17,22H,3,7-10,14H2,1-2H3,(H,23,24). The molecule has 1 amide bonds. The van der Waals surface area contributed by atoms with E-state index in [0.717, 1.165) is 37.2 Å². The van der Waals surface area contributed by atoms with Crippen LogP contribution in [-0.2, 0) is 16.6 Å². The molecule has 0 atom stereocenters. The average molecular weight is 405 g/mol. The summed E-state index contributed by atoms with van der Waals surface area (Å²) >= 11 is 0. The van der Waals surface area contributed by atoms with Crippen molar-refractivity contribution in [3.05, 3.63) is 53.5 Å². The summed E-state index contributed by atoms with van der Waals surface area (Å²) in [4.78, 5) is 12.8. The normalized spacial score (nSPS) is 20.1. The van der Waals surface area contributed by atoms with Gasteiger partial charge in [-0.2, -0.15) is 0 Å². The molecule has 1 fully saturated rings. The molecule has 0 spiro atoms. The van der Waals surface area contributed by atoms with Crippen LogP contribution in [0.25, 0.3) is 0 Å².